The smallest absolute Gasteiger partial charge is 0.191 e. The van der Waals surface area contributed by atoms with Crippen LogP contribution in [0.1, 0.15) is 24.8 Å². The number of hydrogen-bond acceptors (Lipinski definition) is 2. The van der Waals surface area contributed by atoms with E-state index in [0.717, 1.165) is 30.0 Å². The van der Waals surface area contributed by atoms with Crippen LogP contribution in [-0.4, -0.2) is 51.1 Å². The first-order valence-corrected chi connectivity index (χ1v) is 8.88. The van der Waals surface area contributed by atoms with Crippen molar-refractivity contribution in [3.05, 3.63) is 34.9 Å². The standard InChI is InChI=1S/C18H27ClN4/c1-20-17(21-11-14-6-9-23(2)12-14)22-13-18(7-8-18)15-4-3-5-16(19)10-15/h3-5,10,14H,6-9,11-13H2,1-2H3,(H2,20,21,22). The third kappa shape index (κ3) is 4.18. The highest BCUT2D eigenvalue weighted by molar-refractivity contribution is 6.30. The van der Waals surface area contributed by atoms with Crippen LogP contribution < -0.4 is 10.6 Å². The van der Waals surface area contributed by atoms with E-state index in [1.807, 2.05) is 19.2 Å². The summed E-state index contributed by atoms with van der Waals surface area (Å²) in [5.74, 6) is 1.63. The number of rotatable bonds is 5. The highest BCUT2D eigenvalue weighted by Gasteiger charge is 2.44. The summed E-state index contributed by atoms with van der Waals surface area (Å²) in [4.78, 5) is 6.75. The molecule has 5 heteroatoms. The molecule has 2 N–H and O–H groups in total. The Labute approximate surface area is 144 Å². The van der Waals surface area contributed by atoms with Gasteiger partial charge < -0.3 is 15.5 Å². The van der Waals surface area contributed by atoms with Crippen molar-refractivity contribution in [2.75, 3.05) is 40.3 Å². The van der Waals surface area contributed by atoms with Gasteiger partial charge in [0.25, 0.3) is 0 Å². The van der Waals surface area contributed by atoms with Gasteiger partial charge in [0.1, 0.15) is 0 Å². The molecular weight excluding hydrogens is 308 g/mol. The van der Waals surface area contributed by atoms with Crippen LogP contribution in [0.5, 0.6) is 0 Å². The lowest BCUT2D eigenvalue weighted by Gasteiger charge is -2.20. The van der Waals surface area contributed by atoms with Crippen LogP contribution in [0.25, 0.3) is 0 Å². The van der Waals surface area contributed by atoms with Crippen molar-refractivity contribution < 1.29 is 0 Å². The maximum atomic E-state index is 6.14. The quantitative estimate of drug-likeness (QED) is 0.642. The minimum Gasteiger partial charge on any atom is -0.356 e. The maximum Gasteiger partial charge on any atom is 0.191 e. The summed E-state index contributed by atoms with van der Waals surface area (Å²) >= 11 is 6.14. The molecule has 0 aromatic heterocycles. The highest BCUT2D eigenvalue weighted by Crippen LogP contribution is 2.48. The summed E-state index contributed by atoms with van der Waals surface area (Å²) in [6.45, 7) is 4.29. The third-order valence-corrected chi connectivity index (χ3v) is 5.39. The van der Waals surface area contributed by atoms with Gasteiger partial charge in [0.15, 0.2) is 5.96 Å². The van der Waals surface area contributed by atoms with Crippen LogP contribution in [0, 0.1) is 5.92 Å². The molecule has 1 unspecified atom stereocenters. The predicted molar refractivity (Wildman–Crippen MR) is 97.3 cm³/mol. The van der Waals surface area contributed by atoms with E-state index in [0.29, 0.717) is 0 Å². The minimum atomic E-state index is 0.232. The third-order valence-electron chi connectivity index (χ3n) is 5.16. The van der Waals surface area contributed by atoms with Crippen LogP contribution in [0.15, 0.2) is 29.3 Å². The van der Waals surface area contributed by atoms with Gasteiger partial charge in [0.2, 0.25) is 0 Å². The van der Waals surface area contributed by atoms with Crippen LogP contribution in [0.4, 0.5) is 0 Å². The van der Waals surface area contributed by atoms with Gasteiger partial charge >= 0.3 is 0 Å². The molecule has 2 fully saturated rings. The van der Waals surface area contributed by atoms with Gasteiger partial charge in [-0.3, -0.25) is 4.99 Å². The molecule has 4 nitrogen and oxygen atoms in total. The Balaban J connectivity index is 1.50. The Morgan fingerprint density at radius 2 is 2.22 bits per heavy atom. The van der Waals surface area contributed by atoms with Crippen molar-refractivity contribution in [1.82, 2.24) is 15.5 Å². The van der Waals surface area contributed by atoms with Crippen LogP contribution in [-0.2, 0) is 5.41 Å². The first-order chi connectivity index (χ1) is 11.1. The highest BCUT2D eigenvalue weighted by atomic mass is 35.5. The normalized spacial score (nSPS) is 23.8. The lowest BCUT2D eigenvalue weighted by molar-refractivity contribution is 0.393. The van der Waals surface area contributed by atoms with E-state index in [-0.39, 0.29) is 5.41 Å². The number of nitrogens with zero attached hydrogens (tertiary/aromatic N) is 2. The van der Waals surface area contributed by atoms with Crippen molar-refractivity contribution in [3.8, 4) is 0 Å². The SMILES string of the molecule is CN=C(NCC1CCN(C)C1)NCC1(c2cccc(Cl)c2)CC1. The van der Waals surface area contributed by atoms with Gasteiger partial charge in [0.05, 0.1) is 0 Å². The molecule has 1 atom stereocenters. The fourth-order valence-electron chi connectivity index (χ4n) is 3.44. The van der Waals surface area contributed by atoms with E-state index in [1.54, 1.807) is 0 Å². The van der Waals surface area contributed by atoms with Crippen LogP contribution in [0.2, 0.25) is 5.02 Å². The van der Waals surface area contributed by atoms with E-state index in [1.165, 1.54) is 37.9 Å². The lowest BCUT2D eigenvalue weighted by Crippen LogP contribution is -2.43. The van der Waals surface area contributed by atoms with Gasteiger partial charge in [-0.1, -0.05) is 23.7 Å². The van der Waals surface area contributed by atoms with E-state index >= 15 is 0 Å². The summed E-state index contributed by atoms with van der Waals surface area (Å²) in [6, 6.07) is 8.26. The summed E-state index contributed by atoms with van der Waals surface area (Å²) in [6.07, 6.45) is 3.70. The molecule has 0 amide bonds. The second-order valence-electron chi connectivity index (χ2n) is 7.01. The molecule has 1 aromatic carbocycles. The number of likely N-dealkylation sites (tertiary alicyclic amines) is 1. The zero-order valence-electron chi connectivity index (χ0n) is 14.1. The monoisotopic (exact) mass is 334 g/mol. The summed E-state index contributed by atoms with van der Waals surface area (Å²) in [7, 11) is 4.03. The van der Waals surface area contributed by atoms with E-state index in [2.05, 4.69) is 39.7 Å². The van der Waals surface area contributed by atoms with Crippen LogP contribution >= 0.6 is 11.6 Å². The molecule has 23 heavy (non-hydrogen) atoms. The number of benzene rings is 1. The molecule has 1 aromatic rings. The van der Waals surface area contributed by atoms with Gasteiger partial charge in [-0.05, 0) is 56.5 Å². The first-order valence-electron chi connectivity index (χ1n) is 8.50. The Bertz CT molecular complexity index is 568. The molecule has 2 aliphatic rings. The average Bonchev–Trinajstić information content (AvgIpc) is 3.23. The molecule has 1 aliphatic carbocycles. The summed E-state index contributed by atoms with van der Waals surface area (Å²) < 4.78 is 0. The fraction of sp³-hybridized carbons (Fsp3) is 0.611. The Morgan fingerprint density at radius 3 is 2.83 bits per heavy atom. The predicted octanol–water partition coefficient (Wildman–Crippen LogP) is 2.49. The van der Waals surface area contributed by atoms with E-state index < -0.39 is 0 Å². The van der Waals surface area contributed by atoms with Crippen molar-refractivity contribution in [1.29, 1.82) is 0 Å². The van der Waals surface area contributed by atoms with Crippen molar-refractivity contribution >= 4 is 17.6 Å². The van der Waals surface area contributed by atoms with Crippen molar-refractivity contribution in [3.63, 3.8) is 0 Å². The maximum absolute atomic E-state index is 6.14. The number of hydrogen-bond donors (Lipinski definition) is 2. The van der Waals surface area contributed by atoms with Crippen molar-refractivity contribution in [2.24, 2.45) is 10.9 Å². The Morgan fingerprint density at radius 1 is 1.39 bits per heavy atom. The number of guanidine groups is 1. The molecular formula is C18H27ClN4. The summed E-state index contributed by atoms with van der Waals surface area (Å²) in [5.41, 5.74) is 1.57. The zero-order chi connectivity index (χ0) is 16.3. The minimum absolute atomic E-state index is 0.232. The van der Waals surface area contributed by atoms with Gasteiger partial charge in [0, 0.05) is 37.1 Å². The Hall–Kier alpha value is -1.26. The Kier molecular flexibility index (Phi) is 5.12. The molecule has 1 saturated carbocycles. The number of nitrogens with one attached hydrogen (secondary N) is 2. The second kappa shape index (κ2) is 7.10. The molecule has 0 bridgehead atoms. The lowest BCUT2D eigenvalue weighted by atomic mass is 9.96. The van der Waals surface area contributed by atoms with Gasteiger partial charge in [-0.15, -0.1) is 0 Å². The zero-order valence-corrected chi connectivity index (χ0v) is 14.9. The topological polar surface area (TPSA) is 39.7 Å². The number of halogens is 1. The summed E-state index contributed by atoms with van der Waals surface area (Å²) in [5, 5.41) is 7.81. The van der Waals surface area contributed by atoms with Crippen LogP contribution in [0.3, 0.4) is 0 Å². The molecule has 3 rings (SSSR count). The van der Waals surface area contributed by atoms with E-state index in [9.17, 15) is 0 Å². The molecule has 0 radical (unpaired) electrons. The van der Waals surface area contributed by atoms with E-state index in [4.69, 9.17) is 11.6 Å². The molecule has 1 aliphatic heterocycles. The average molecular weight is 335 g/mol. The largest absolute Gasteiger partial charge is 0.356 e. The van der Waals surface area contributed by atoms with Gasteiger partial charge in [-0.25, -0.2) is 0 Å². The molecule has 1 heterocycles. The molecule has 126 valence electrons. The molecule has 1 saturated heterocycles. The second-order valence-corrected chi connectivity index (χ2v) is 7.45. The first kappa shape index (κ1) is 16.6. The van der Waals surface area contributed by atoms with Gasteiger partial charge in [-0.2, -0.15) is 0 Å². The fourth-order valence-corrected chi connectivity index (χ4v) is 3.63. The van der Waals surface area contributed by atoms with Crippen molar-refractivity contribution in [2.45, 2.75) is 24.7 Å². The molecule has 0 spiro atoms. The number of aliphatic imine (C=N–C) groups is 1.